The zero-order valence-electron chi connectivity index (χ0n) is 35.3. The van der Waals surface area contributed by atoms with E-state index in [0.717, 1.165) is 16.7 Å². The van der Waals surface area contributed by atoms with Crippen molar-refractivity contribution in [2.75, 3.05) is 34.5 Å². The van der Waals surface area contributed by atoms with E-state index < -0.39 is 35.2 Å². The number of hydrogen-bond donors (Lipinski definition) is 2. The van der Waals surface area contributed by atoms with E-state index in [0.29, 0.717) is 58.5 Å². The van der Waals surface area contributed by atoms with Gasteiger partial charge in [0, 0.05) is 35.3 Å². The molecule has 1 saturated heterocycles. The van der Waals surface area contributed by atoms with Crippen LogP contribution >= 0.6 is 0 Å². The zero-order valence-corrected chi connectivity index (χ0v) is 35.3. The predicted molar refractivity (Wildman–Crippen MR) is 234 cm³/mol. The third kappa shape index (κ3) is 6.64. The van der Waals surface area contributed by atoms with E-state index >= 15 is 4.79 Å². The Bertz CT molecular complexity index is 2660. The average molecular weight is 849 g/mol. The molecule has 13 heteroatoms. The second kappa shape index (κ2) is 15.4. The van der Waals surface area contributed by atoms with Crippen LogP contribution in [0.2, 0.25) is 0 Å². The molecule has 63 heavy (non-hydrogen) atoms. The first-order valence-electron chi connectivity index (χ1n) is 21.4. The summed E-state index contributed by atoms with van der Waals surface area (Å²) in [6, 6.07) is 35.0. The highest BCUT2D eigenvalue weighted by Crippen LogP contribution is 2.59. The van der Waals surface area contributed by atoms with Gasteiger partial charge in [-0.3, -0.25) is 29.0 Å². The normalized spacial score (nSPS) is 23.9. The highest BCUT2D eigenvalue weighted by Gasteiger charge is 2.66. The largest absolute Gasteiger partial charge is 0.482 e. The SMILES string of the molecule is C[C@H]1[C@H](C(C)(C)O)[C@@H](CC(=O)N2Cc3ccccc3C[C@H]2CO)O[C@]12C(=O)N(Cc1ccc(N3C(=O)COc4ccccc43)cc1)c1ccc(N3C(=O)COc4ccccc43)cc12. The van der Waals surface area contributed by atoms with Crippen molar-refractivity contribution in [1.82, 2.24) is 4.90 Å². The summed E-state index contributed by atoms with van der Waals surface area (Å²) in [7, 11) is 0. The smallest absolute Gasteiger partial charge is 0.269 e. The third-order valence-electron chi connectivity index (χ3n) is 13.4. The first kappa shape index (κ1) is 40.5. The topological polar surface area (TPSA) is 149 Å². The second-order valence-corrected chi connectivity index (χ2v) is 17.6. The minimum Gasteiger partial charge on any atom is -0.482 e. The molecule has 5 atom stereocenters. The number of fused-ring (bicyclic) bond motifs is 5. The van der Waals surface area contributed by atoms with Crippen LogP contribution in [0.4, 0.5) is 28.4 Å². The van der Waals surface area contributed by atoms with Gasteiger partial charge < -0.3 is 34.2 Å². The predicted octanol–water partition coefficient (Wildman–Crippen LogP) is 6.30. The highest BCUT2D eigenvalue weighted by molar-refractivity contribution is 6.10. The van der Waals surface area contributed by atoms with Gasteiger partial charge in [-0.05, 0) is 91.6 Å². The zero-order chi connectivity index (χ0) is 43.8. The van der Waals surface area contributed by atoms with Crippen molar-refractivity contribution in [3.63, 3.8) is 0 Å². The molecule has 1 spiro atoms. The molecule has 0 bridgehead atoms. The van der Waals surface area contributed by atoms with Crippen LogP contribution in [-0.2, 0) is 49.0 Å². The van der Waals surface area contributed by atoms with E-state index in [4.69, 9.17) is 14.2 Å². The fourth-order valence-electron chi connectivity index (χ4n) is 10.6. The van der Waals surface area contributed by atoms with Crippen LogP contribution in [0.3, 0.4) is 0 Å². The number of ether oxygens (including phenoxy) is 3. The summed E-state index contributed by atoms with van der Waals surface area (Å²) < 4.78 is 18.5. The fourth-order valence-corrected chi connectivity index (χ4v) is 10.6. The van der Waals surface area contributed by atoms with Gasteiger partial charge >= 0.3 is 0 Å². The Balaban J connectivity index is 1.03. The van der Waals surface area contributed by atoms with E-state index in [-0.39, 0.29) is 56.4 Å². The van der Waals surface area contributed by atoms with Gasteiger partial charge in [0.2, 0.25) is 5.91 Å². The van der Waals surface area contributed by atoms with Gasteiger partial charge in [0.15, 0.2) is 18.8 Å². The van der Waals surface area contributed by atoms with E-state index in [1.54, 1.807) is 51.6 Å². The Morgan fingerprint density at radius 2 is 1.35 bits per heavy atom. The summed E-state index contributed by atoms with van der Waals surface area (Å²) in [6.45, 7) is 5.23. The van der Waals surface area contributed by atoms with Gasteiger partial charge in [0.25, 0.3) is 17.7 Å². The molecule has 5 aromatic rings. The molecule has 0 aromatic heterocycles. The lowest BCUT2D eigenvalue weighted by atomic mass is 9.70. The number of carbonyl (C=O) groups is 4. The van der Waals surface area contributed by atoms with Crippen LogP contribution in [0, 0.1) is 11.8 Å². The van der Waals surface area contributed by atoms with Crippen molar-refractivity contribution in [1.29, 1.82) is 0 Å². The van der Waals surface area contributed by atoms with Gasteiger partial charge in [-0.1, -0.05) is 67.6 Å². The number of aliphatic hydroxyl groups is 2. The first-order valence-corrected chi connectivity index (χ1v) is 21.4. The number of rotatable bonds is 8. The lowest BCUT2D eigenvalue weighted by molar-refractivity contribution is -0.151. The summed E-state index contributed by atoms with van der Waals surface area (Å²) >= 11 is 0. The standard InChI is InChI=1S/C50H48N4O9/c1-30-47(49(2,3)60)43(24-44(56)51-26-33-11-5-4-10-32(33)22-36(51)27-55)63-50(30)37-23-35(54-40-13-7-9-15-42(40)62-29-46(54)58)20-21-38(37)52(48(50)59)25-31-16-18-34(19-17-31)53-39-12-6-8-14-41(39)61-28-45(53)57/h4-21,23,30,36,43,47,55,60H,22,24-29H2,1-3H3/t30-,36-,43+,47-,50+/m0/s1. The molecule has 5 aliphatic rings. The van der Waals surface area contributed by atoms with Crippen LogP contribution in [0.5, 0.6) is 11.5 Å². The van der Waals surface area contributed by atoms with Crippen molar-refractivity contribution in [3.05, 3.63) is 138 Å². The quantitative estimate of drug-likeness (QED) is 0.184. The number of amides is 4. The summed E-state index contributed by atoms with van der Waals surface area (Å²) in [5.74, 6) is -1.29. The minimum atomic E-state index is -1.66. The molecular formula is C50H48N4O9. The number of nitrogens with zero attached hydrogens (tertiary/aromatic N) is 4. The molecule has 2 N–H and O–H groups in total. The van der Waals surface area contributed by atoms with Gasteiger partial charge in [-0.15, -0.1) is 0 Å². The third-order valence-corrected chi connectivity index (χ3v) is 13.4. The van der Waals surface area contributed by atoms with Crippen molar-refractivity contribution >= 4 is 52.1 Å². The Morgan fingerprint density at radius 1 is 0.762 bits per heavy atom. The van der Waals surface area contributed by atoms with Crippen LogP contribution in [-0.4, -0.2) is 76.3 Å². The molecule has 0 saturated carbocycles. The molecule has 13 nitrogen and oxygen atoms in total. The van der Waals surface area contributed by atoms with E-state index in [1.807, 2.05) is 104 Å². The lowest BCUT2D eigenvalue weighted by Gasteiger charge is -2.38. The summed E-state index contributed by atoms with van der Waals surface area (Å²) in [6.07, 6.45) is -0.533. The van der Waals surface area contributed by atoms with Crippen LogP contribution in [0.15, 0.2) is 115 Å². The molecule has 10 rings (SSSR count). The second-order valence-electron chi connectivity index (χ2n) is 17.6. The molecule has 322 valence electrons. The Labute approximate surface area is 365 Å². The van der Waals surface area contributed by atoms with Gasteiger partial charge in [0.1, 0.15) is 11.5 Å². The Kier molecular flexibility index (Phi) is 9.89. The number of anilines is 5. The number of hydrogen-bond acceptors (Lipinski definition) is 9. The van der Waals surface area contributed by atoms with Gasteiger partial charge in [-0.25, -0.2) is 0 Å². The monoisotopic (exact) mass is 848 g/mol. The molecule has 5 aromatic carbocycles. The summed E-state index contributed by atoms with van der Waals surface area (Å²) in [4.78, 5) is 63.3. The van der Waals surface area contributed by atoms with Crippen molar-refractivity contribution in [3.8, 4) is 11.5 Å². The maximum atomic E-state index is 15.5. The summed E-state index contributed by atoms with van der Waals surface area (Å²) in [5.41, 5.74) is 3.26. The molecule has 0 radical (unpaired) electrons. The molecule has 0 aliphatic carbocycles. The lowest BCUT2D eigenvalue weighted by Crippen LogP contribution is -2.48. The average Bonchev–Trinajstić information content (AvgIpc) is 3.71. The Morgan fingerprint density at radius 3 is 1.98 bits per heavy atom. The van der Waals surface area contributed by atoms with Crippen LogP contribution in [0.25, 0.3) is 0 Å². The molecule has 5 aliphatic heterocycles. The van der Waals surface area contributed by atoms with E-state index in [2.05, 4.69) is 0 Å². The van der Waals surface area contributed by atoms with E-state index in [9.17, 15) is 24.6 Å². The van der Waals surface area contributed by atoms with Gasteiger partial charge in [0.05, 0.1) is 54.4 Å². The maximum absolute atomic E-state index is 15.5. The van der Waals surface area contributed by atoms with Gasteiger partial charge in [-0.2, -0.15) is 0 Å². The Hall–Kier alpha value is -6.54. The molecule has 0 unspecified atom stereocenters. The van der Waals surface area contributed by atoms with Crippen molar-refractivity contribution in [2.45, 2.75) is 70.1 Å². The number of carbonyl (C=O) groups excluding carboxylic acids is 4. The highest BCUT2D eigenvalue weighted by atomic mass is 16.5. The van der Waals surface area contributed by atoms with E-state index in [1.165, 1.54) is 0 Å². The summed E-state index contributed by atoms with van der Waals surface area (Å²) in [5, 5.41) is 22.4. The van der Waals surface area contributed by atoms with Crippen LogP contribution in [0.1, 0.15) is 49.4 Å². The molecule has 1 fully saturated rings. The maximum Gasteiger partial charge on any atom is 0.269 e. The molecular weight excluding hydrogens is 801 g/mol. The fraction of sp³-hybridized carbons (Fsp3) is 0.320. The molecule has 5 heterocycles. The minimum absolute atomic E-state index is 0.0893. The molecule has 4 amide bonds. The van der Waals surface area contributed by atoms with Crippen LogP contribution < -0.4 is 24.2 Å². The number of benzene rings is 5. The number of aliphatic hydroxyl groups excluding tert-OH is 1. The van der Waals surface area contributed by atoms with Crippen molar-refractivity contribution < 1.29 is 43.6 Å². The first-order chi connectivity index (χ1) is 30.4. The van der Waals surface area contributed by atoms with Crippen molar-refractivity contribution in [2.24, 2.45) is 11.8 Å². The number of para-hydroxylation sites is 4.